The molecule has 0 aliphatic carbocycles. The SMILES string of the molecule is COc1ccccc1C(=O)Oc1ccc2c(=O)c(Oc3cc(C)cc(C)c3)c(C(F)(F)F)oc2c1. The Balaban J connectivity index is 1.77. The highest BCUT2D eigenvalue weighted by Gasteiger charge is 2.40. The summed E-state index contributed by atoms with van der Waals surface area (Å²) in [6, 6.07) is 14.7. The number of carbonyl (C=O) groups excluding carboxylic acids is 1. The predicted molar refractivity (Wildman–Crippen MR) is 121 cm³/mol. The van der Waals surface area contributed by atoms with Gasteiger partial charge in [-0.3, -0.25) is 4.79 Å². The van der Waals surface area contributed by atoms with E-state index < -0.39 is 34.7 Å². The van der Waals surface area contributed by atoms with Crippen molar-refractivity contribution >= 4 is 16.9 Å². The minimum absolute atomic E-state index is 0.0713. The average molecular weight is 484 g/mol. The number of methoxy groups -OCH3 is 1. The van der Waals surface area contributed by atoms with Crippen LogP contribution in [0.2, 0.25) is 0 Å². The summed E-state index contributed by atoms with van der Waals surface area (Å²) in [7, 11) is 1.38. The summed E-state index contributed by atoms with van der Waals surface area (Å²) >= 11 is 0. The van der Waals surface area contributed by atoms with Gasteiger partial charge in [-0.1, -0.05) is 18.2 Å². The molecule has 0 bridgehead atoms. The first-order valence-electron chi connectivity index (χ1n) is 10.4. The molecule has 0 spiro atoms. The van der Waals surface area contributed by atoms with Crippen LogP contribution in [-0.4, -0.2) is 13.1 Å². The highest BCUT2D eigenvalue weighted by atomic mass is 19.4. The number of rotatable bonds is 5. The van der Waals surface area contributed by atoms with Crippen LogP contribution in [-0.2, 0) is 6.18 Å². The molecule has 1 heterocycles. The number of para-hydroxylation sites is 1. The Morgan fingerprint density at radius 2 is 1.60 bits per heavy atom. The van der Waals surface area contributed by atoms with E-state index in [2.05, 4.69) is 0 Å². The molecule has 0 N–H and O–H groups in total. The molecule has 0 fully saturated rings. The molecule has 6 nitrogen and oxygen atoms in total. The van der Waals surface area contributed by atoms with Gasteiger partial charge in [0.05, 0.1) is 12.5 Å². The fourth-order valence-corrected chi connectivity index (χ4v) is 3.58. The van der Waals surface area contributed by atoms with Gasteiger partial charge in [0.2, 0.25) is 11.2 Å². The van der Waals surface area contributed by atoms with E-state index in [1.165, 1.54) is 37.4 Å². The van der Waals surface area contributed by atoms with Gasteiger partial charge in [0.1, 0.15) is 28.4 Å². The Morgan fingerprint density at radius 1 is 0.914 bits per heavy atom. The van der Waals surface area contributed by atoms with Crippen LogP contribution in [0.25, 0.3) is 11.0 Å². The Kier molecular flexibility index (Phi) is 6.26. The van der Waals surface area contributed by atoms with E-state index in [1.54, 1.807) is 32.0 Å². The Morgan fingerprint density at radius 3 is 2.26 bits per heavy atom. The van der Waals surface area contributed by atoms with Gasteiger partial charge in [0.25, 0.3) is 5.76 Å². The minimum atomic E-state index is -5.02. The first-order chi connectivity index (χ1) is 16.6. The number of ether oxygens (including phenoxy) is 3. The lowest BCUT2D eigenvalue weighted by molar-refractivity contribution is -0.154. The fourth-order valence-electron chi connectivity index (χ4n) is 3.58. The van der Waals surface area contributed by atoms with E-state index in [4.69, 9.17) is 18.6 Å². The van der Waals surface area contributed by atoms with Crippen molar-refractivity contribution < 1.29 is 36.6 Å². The molecule has 9 heteroatoms. The van der Waals surface area contributed by atoms with Crippen molar-refractivity contribution in [1.29, 1.82) is 0 Å². The fraction of sp³-hybridized carbons (Fsp3) is 0.154. The molecule has 4 aromatic rings. The molecule has 0 aliphatic rings. The van der Waals surface area contributed by atoms with Gasteiger partial charge in [-0.15, -0.1) is 0 Å². The van der Waals surface area contributed by atoms with Gasteiger partial charge >= 0.3 is 12.1 Å². The zero-order valence-corrected chi connectivity index (χ0v) is 18.9. The number of carbonyl (C=O) groups is 1. The molecule has 0 aliphatic heterocycles. The molecular weight excluding hydrogens is 465 g/mol. The van der Waals surface area contributed by atoms with Crippen LogP contribution < -0.4 is 19.6 Å². The van der Waals surface area contributed by atoms with Crippen molar-refractivity contribution in [3.05, 3.63) is 93.3 Å². The summed E-state index contributed by atoms with van der Waals surface area (Å²) in [4.78, 5) is 25.5. The van der Waals surface area contributed by atoms with Crippen LogP contribution >= 0.6 is 0 Å². The molecule has 1 aromatic heterocycles. The van der Waals surface area contributed by atoms with Crippen LogP contribution in [0.5, 0.6) is 23.0 Å². The lowest BCUT2D eigenvalue weighted by Gasteiger charge is -2.14. The van der Waals surface area contributed by atoms with Crippen LogP contribution in [0.1, 0.15) is 27.2 Å². The number of alkyl halides is 3. The van der Waals surface area contributed by atoms with Gasteiger partial charge in [-0.05, 0) is 61.4 Å². The van der Waals surface area contributed by atoms with Crippen LogP contribution in [0.15, 0.2) is 69.9 Å². The smallest absolute Gasteiger partial charge is 0.453 e. The van der Waals surface area contributed by atoms with Crippen molar-refractivity contribution in [1.82, 2.24) is 0 Å². The monoisotopic (exact) mass is 484 g/mol. The molecule has 0 atom stereocenters. The molecule has 0 amide bonds. The number of hydrogen-bond donors (Lipinski definition) is 0. The van der Waals surface area contributed by atoms with Crippen molar-refractivity contribution in [3.8, 4) is 23.0 Å². The van der Waals surface area contributed by atoms with Gasteiger partial charge < -0.3 is 18.6 Å². The van der Waals surface area contributed by atoms with E-state index in [0.29, 0.717) is 0 Å². The maximum Gasteiger partial charge on any atom is 0.453 e. The van der Waals surface area contributed by atoms with Crippen molar-refractivity contribution in [2.75, 3.05) is 7.11 Å². The lowest BCUT2D eigenvalue weighted by atomic mass is 10.1. The van der Waals surface area contributed by atoms with Crippen molar-refractivity contribution in [2.45, 2.75) is 20.0 Å². The molecule has 4 rings (SSSR count). The normalized spacial score (nSPS) is 11.4. The first-order valence-corrected chi connectivity index (χ1v) is 10.4. The molecular formula is C26H19F3O6. The summed E-state index contributed by atoms with van der Waals surface area (Å²) < 4.78 is 62.3. The zero-order chi connectivity index (χ0) is 25.3. The number of halogens is 3. The van der Waals surface area contributed by atoms with Crippen molar-refractivity contribution in [2.24, 2.45) is 0 Å². The van der Waals surface area contributed by atoms with Crippen LogP contribution in [0.4, 0.5) is 13.2 Å². The largest absolute Gasteiger partial charge is 0.496 e. The second kappa shape index (κ2) is 9.17. The minimum Gasteiger partial charge on any atom is -0.496 e. The third-order valence-electron chi connectivity index (χ3n) is 5.03. The summed E-state index contributed by atoms with van der Waals surface area (Å²) in [5.41, 5.74) is 0.186. The summed E-state index contributed by atoms with van der Waals surface area (Å²) in [5.74, 6) is -3.15. The van der Waals surface area contributed by atoms with Gasteiger partial charge in [-0.2, -0.15) is 13.2 Å². The number of aryl methyl sites for hydroxylation is 2. The first kappa shape index (κ1) is 23.9. The summed E-state index contributed by atoms with van der Waals surface area (Å²) in [6.07, 6.45) is -5.02. The number of esters is 1. The van der Waals surface area contributed by atoms with Crippen LogP contribution in [0, 0.1) is 13.8 Å². The maximum absolute atomic E-state index is 13.8. The Bertz CT molecular complexity index is 1470. The standard InChI is InChI=1S/C26H19F3O6/c1-14-10-15(2)12-17(11-14)33-23-22(30)18-9-8-16(13-21(18)35-24(23)26(27,28)29)34-25(31)19-6-4-5-7-20(19)32-3/h4-13H,1-3H3. The summed E-state index contributed by atoms with van der Waals surface area (Å²) in [6.45, 7) is 3.50. The Labute approximate surface area is 197 Å². The molecule has 0 saturated heterocycles. The third kappa shape index (κ3) is 4.98. The van der Waals surface area contributed by atoms with E-state index in [9.17, 15) is 22.8 Å². The lowest BCUT2D eigenvalue weighted by Crippen LogP contribution is -2.16. The van der Waals surface area contributed by atoms with Gasteiger partial charge in [0, 0.05) is 6.07 Å². The zero-order valence-electron chi connectivity index (χ0n) is 18.9. The van der Waals surface area contributed by atoms with E-state index >= 15 is 0 Å². The average Bonchev–Trinajstić information content (AvgIpc) is 2.79. The van der Waals surface area contributed by atoms with Gasteiger partial charge in [-0.25, -0.2) is 4.79 Å². The third-order valence-corrected chi connectivity index (χ3v) is 5.03. The molecule has 0 radical (unpaired) electrons. The molecule has 35 heavy (non-hydrogen) atoms. The number of fused-ring (bicyclic) bond motifs is 1. The van der Waals surface area contributed by atoms with Gasteiger partial charge in [0.15, 0.2) is 0 Å². The number of benzene rings is 3. The molecule has 3 aromatic carbocycles. The number of hydrogen-bond acceptors (Lipinski definition) is 6. The maximum atomic E-state index is 13.8. The second-order valence-electron chi connectivity index (χ2n) is 7.76. The quantitative estimate of drug-likeness (QED) is 0.239. The van der Waals surface area contributed by atoms with Crippen LogP contribution in [0.3, 0.4) is 0 Å². The second-order valence-corrected chi connectivity index (χ2v) is 7.76. The molecule has 180 valence electrons. The van der Waals surface area contributed by atoms with E-state index in [0.717, 1.165) is 17.2 Å². The topological polar surface area (TPSA) is 75.0 Å². The van der Waals surface area contributed by atoms with Crippen molar-refractivity contribution in [3.63, 3.8) is 0 Å². The molecule has 0 saturated carbocycles. The highest BCUT2D eigenvalue weighted by molar-refractivity contribution is 5.94. The highest BCUT2D eigenvalue weighted by Crippen LogP contribution is 2.39. The molecule has 0 unspecified atom stereocenters. The predicted octanol–water partition coefficient (Wildman–Crippen LogP) is 6.45. The van der Waals surface area contributed by atoms with E-state index in [1.807, 2.05) is 6.07 Å². The Hall–Kier alpha value is -4.27. The van der Waals surface area contributed by atoms with E-state index in [-0.39, 0.29) is 28.2 Å². The summed E-state index contributed by atoms with van der Waals surface area (Å²) in [5, 5.41) is -0.172.